The Morgan fingerprint density at radius 1 is 0.317 bits per heavy atom. The Hall–Kier alpha value is -5.50. The van der Waals surface area contributed by atoms with Crippen LogP contribution in [0.15, 0.2) is 0 Å². The predicted molar refractivity (Wildman–Crippen MR) is 195 cm³/mol. The van der Waals surface area contributed by atoms with Crippen LogP contribution in [0.1, 0.15) is 76.2 Å². The summed E-state index contributed by atoms with van der Waals surface area (Å²) in [5.74, 6) is -9.43. The van der Waals surface area contributed by atoms with E-state index >= 15 is 0 Å². The van der Waals surface area contributed by atoms with E-state index in [2.05, 4.69) is 0 Å². The summed E-state index contributed by atoms with van der Waals surface area (Å²) in [5, 5.41) is 0. The van der Waals surface area contributed by atoms with E-state index in [0.29, 0.717) is 0 Å². The fourth-order valence-corrected chi connectivity index (χ4v) is 6.79. The van der Waals surface area contributed by atoms with Gasteiger partial charge in [-0.15, -0.1) is 0 Å². The van der Waals surface area contributed by atoms with Gasteiger partial charge in [-0.05, 0) is 6.92 Å². The molecule has 3 saturated heterocycles. The molecule has 3 rings (SSSR count). The monoisotopic (exact) mass is 908 g/mol. The highest BCUT2D eigenvalue weighted by atomic mass is 16.8. The first kappa shape index (κ1) is 51.8. The molecule has 0 radical (unpaired) electrons. The molecule has 15 atom stereocenters. The second-order valence-electron chi connectivity index (χ2n) is 14.2. The molecule has 0 aromatic heterocycles. The van der Waals surface area contributed by atoms with E-state index in [4.69, 9.17) is 71.1 Å². The van der Waals surface area contributed by atoms with Crippen molar-refractivity contribution in [3.8, 4) is 0 Å². The fourth-order valence-electron chi connectivity index (χ4n) is 6.79. The molecule has 0 bridgehead atoms. The molecule has 0 unspecified atom stereocenters. The zero-order valence-electron chi connectivity index (χ0n) is 36.3. The first-order valence-corrected chi connectivity index (χ1v) is 19.3. The summed E-state index contributed by atoms with van der Waals surface area (Å²) >= 11 is 0. The van der Waals surface area contributed by atoms with Crippen molar-refractivity contribution in [2.24, 2.45) is 0 Å². The van der Waals surface area contributed by atoms with Gasteiger partial charge in [-0.1, -0.05) is 0 Å². The van der Waals surface area contributed by atoms with Crippen LogP contribution in [0, 0.1) is 0 Å². The lowest BCUT2D eigenvalue weighted by atomic mass is 9.95. The Labute approximate surface area is 360 Å². The summed E-state index contributed by atoms with van der Waals surface area (Å²) in [6.45, 7) is 9.98. The van der Waals surface area contributed by atoms with Crippen molar-refractivity contribution in [1.82, 2.24) is 0 Å². The quantitative estimate of drug-likeness (QED) is 0.135. The van der Waals surface area contributed by atoms with Gasteiger partial charge in [0, 0.05) is 69.2 Å². The Bertz CT molecular complexity index is 1710. The van der Waals surface area contributed by atoms with Crippen LogP contribution in [0.2, 0.25) is 0 Å². The summed E-state index contributed by atoms with van der Waals surface area (Å²) in [6, 6.07) is 0. The normalized spacial score (nSPS) is 32.6. The number of rotatable bonds is 16. The zero-order chi connectivity index (χ0) is 47.5. The van der Waals surface area contributed by atoms with Gasteiger partial charge in [0.15, 0.2) is 55.3 Å². The number of hydrogen-bond acceptors (Lipinski definition) is 25. The van der Waals surface area contributed by atoms with Crippen LogP contribution >= 0.6 is 0 Å². The molecule has 3 aliphatic rings. The molecule has 3 aliphatic heterocycles. The standard InChI is InChI=1S/C38H52O25/c1-14-27(52-17(4)41)30(33(56-21(8)45)36(51-14)59-24(11)48)62-38-35(58-23(10)47)32(29(54-19(6)43)26(61-38)13-50-16(3)40)63-37-34(57-22(9)46)31(55-20(7)44)28(53-18(5)42)25(60-37)12-49-15(2)39/h14,25-38H,12-13H2,1-11H3/t14-,25-,26-,27-,28-,29-,30+,31+,32+,33-,34-,35-,36+,37+,38+/m0/s1. The highest BCUT2D eigenvalue weighted by molar-refractivity contribution is 5.70. The van der Waals surface area contributed by atoms with Crippen molar-refractivity contribution in [2.75, 3.05) is 13.2 Å². The van der Waals surface area contributed by atoms with Crippen molar-refractivity contribution in [3.63, 3.8) is 0 Å². The van der Waals surface area contributed by atoms with E-state index in [1.165, 1.54) is 6.92 Å². The van der Waals surface area contributed by atoms with E-state index in [-0.39, 0.29) is 0 Å². The Kier molecular flexibility index (Phi) is 19.1. The second-order valence-corrected chi connectivity index (χ2v) is 14.2. The molecule has 0 amide bonds. The minimum atomic E-state index is -2.01. The topological polar surface area (TPSA) is 309 Å². The zero-order valence-corrected chi connectivity index (χ0v) is 36.3. The van der Waals surface area contributed by atoms with Crippen LogP contribution in [0.4, 0.5) is 0 Å². The van der Waals surface area contributed by atoms with Crippen molar-refractivity contribution in [1.29, 1.82) is 0 Å². The van der Waals surface area contributed by atoms with Gasteiger partial charge in [0.2, 0.25) is 6.29 Å². The van der Waals surface area contributed by atoms with Gasteiger partial charge in [0.25, 0.3) is 0 Å². The average molecular weight is 909 g/mol. The van der Waals surface area contributed by atoms with Crippen molar-refractivity contribution in [3.05, 3.63) is 0 Å². The van der Waals surface area contributed by atoms with E-state index in [1.54, 1.807) is 0 Å². The van der Waals surface area contributed by atoms with Gasteiger partial charge in [0.05, 0.1) is 6.10 Å². The van der Waals surface area contributed by atoms with Gasteiger partial charge in [0.1, 0.15) is 37.6 Å². The van der Waals surface area contributed by atoms with E-state index in [9.17, 15) is 47.9 Å². The van der Waals surface area contributed by atoms with Crippen LogP contribution in [0.5, 0.6) is 0 Å². The highest BCUT2D eigenvalue weighted by Crippen LogP contribution is 2.38. The largest absolute Gasteiger partial charge is 0.463 e. The fraction of sp³-hybridized carbons (Fsp3) is 0.737. The summed E-state index contributed by atoms with van der Waals surface area (Å²) in [5.41, 5.74) is 0. The predicted octanol–water partition coefficient (Wildman–Crippen LogP) is -0.837. The lowest BCUT2D eigenvalue weighted by molar-refractivity contribution is -0.379. The van der Waals surface area contributed by atoms with Gasteiger partial charge in [-0.25, -0.2) is 0 Å². The minimum Gasteiger partial charge on any atom is -0.463 e. The van der Waals surface area contributed by atoms with Crippen molar-refractivity contribution in [2.45, 2.75) is 168 Å². The lowest BCUT2D eigenvalue weighted by Crippen LogP contribution is -2.69. The Balaban J connectivity index is 2.34. The summed E-state index contributed by atoms with van der Waals surface area (Å²) in [6.07, 6.45) is -26.0. The molecule has 3 fully saturated rings. The molecular weight excluding hydrogens is 856 g/mol. The Morgan fingerprint density at radius 2 is 0.603 bits per heavy atom. The maximum atomic E-state index is 13.0. The maximum Gasteiger partial charge on any atom is 0.305 e. The molecule has 25 nitrogen and oxygen atoms in total. The number of hydrogen-bond donors (Lipinski definition) is 0. The summed E-state index contributed by atoms with van der Waals surface area (Å²) < 4.78 is 85.2. The van der Waals surface area contributed by atoms with Crippen LogP contribution < -0.4 is 0 Å². The molecule has 0 aromatic rings. The van der Waals surface area contributed by atoms with E-state index < -0.39 is 165 Å². The van der Waals surface area contributed by atoms with E-state index in [0.717, 1.165) is 69.2 Å². The summed E-state index contributed by atoms with van der Waals surface area (Å²) in [7, 11) is 0. The highest BCUT2D eigenvalue weighted by Gasteiger charge is 2.60. The van der Waals surface area contributed by atoms with Crippen LogP contribution in [-0.4, -0.2) is 165 Å². The third-order valence-electron chi connectivity index (χ3n) is 8.79. The van der Waals surface area contributed by atoms with Crippen molar-refractivity contribution >= 4 is 59.7 Å². The molecular formula is C38H52O25. The SMILES string of the molecule is CC(=O)OC[C@@H]1O[C@H](O[C@H]2[C@H](OC(C)=O)[C@@H](O[C@H]3[C@H](OC(C)=O)[C@@H](OC(C)=O)O[C@@H](C)[C@@H]3OC(C)=O)O[C@@H](COC(C)=O)[C@@H]2OC(C)=O)[C@@H](OC(C)=O)[C@H](OC(C)=O)[C@H]1OC(C)=O. The smallest absolute Gasteiger partial charge is 0.305 e. The first-order chi connectivity index (χ1) is 29.4. The number of carbonyl (C=O) groups is 10. The molecule has 0 aliphatic carbocycles. The average Bonchev–Trinajstić information content (AvgIpc) is 3.12. The van der Waals surface area contributed by atoms with Crippen LogP contribution in [-0.2, 0) is 119 Å². The third kappa shape index (κ3) is 15.4. The molecule has 0 saturated carbocycles. The maximum absolute atomic E-state index is 13.0. The van der Waals surface area contributed by atoms with Gasteiger partial charge in [-0.2, -0.15) is 0 Å². The van der Waals surface area contributed by atoms with Gasteiger partial charge < -0.3 is 71.1 Å². The van der Waals surface area contributed by atoms with Gasteiger partial charge in [-0.3, -0.25) is 47.9 Å². The van der Waals surface area contributed by atoms with E-state index in [1.807, 2.05) is 0 Å². The molecule has 3 heterocycles. The molecule has 25 heteroatoms. The molecule has 354 valence electrons. The third-order valence-corrected chi connectivity index (χ3v) is 8.79. The lowest BCUT2D eigenvalue weighted by Gasteiger charge is -2.50. The first-order valence-electron chi connectivity index (χ1n) is 19.3. The molecule has 0 spiro atoms. The molecule has 0 aromatic carbocycles. The van der Waals surface area contributed by atoms with Crippen LogP contribution in [0.3, 0.4) is 0 Å². The summed E-state index contributed by atoms with van der Waals surface area (Å²) in [4.78, 5) is 124. The molecule has 0 N–H and O–H groups in total. The number of carbonyl (C=O) groups excluding carboxylic acids is 10. The second kappa shape index (κ2) is 23.3. The van der Waals surface area contributed by atoms with Gasteiger partial charge >= 0.3 is 59.7 Å². The number of ether oxygens (including phenoxy) is 15. The van der Waals surface area contributed by atoms with Crippen LogP contribution in [0.25, 0.3) is 0 Å². The minimum absolute atomic E-state index is 0.687. The Morgan fingerprint density at radius 3 is 0.968 bits per heavy atom. The molecule has 63 heavy (non-hydrogen) atoms. The van der Waals surface area contributed by atoms with Crippen molar-refractivity contribution < 1.29 is 119 Å². The number of esters is 10.